The van der Waals surface area contributed by atoms with Gasteiger partial charge in [-0.3, -0.25) is 14.5 Å². The number of hydrogen-bond acceptors (Lipinski definition) is 5. The second-order valence-electron chi connectivity index (χ2n) is 7.55. The quantitative estimate of drug-likeness (QED) is 0.710. The van der Waals surface area contributed by atoms with E-state index in [0.717, 1.165) is 4.47 Å². The number of para-hydroxylation sites is 1. The van der Waals surface area contributed by atoms with Gasteiger partial charge in [0.25, 0.3) is 0 Å². The maximum absolute atomic E-state index is 12.1. The van der Waals surface area contributed by atoms with Gasteiger partial charge in [-0.05, 0) is 48.8 Å². The first-order chi connectivity index (χ1) is 13.1. The van der Waals surface area contributed by atoms with Crippen molar-refractivity contribution in [3.8, 4) is 0 Å². The van der Waals surface area contributed by atoms with Gasteiger partial charge in [-0.1, -0.05) is 12.1 Å². The van der Waals surface area contributed by atoms with Gasteiger partial charge in [0.05, 0.1) is 18.8 Å². The van der Waals surface area contributed by atoms with Crippen LogP contribution in [0, 0.1) is 0 Å². The Morgan fingerprint density at radius 2 is 1.71 bits per heavy atom. The van der Waals surface area contributed by atoms with E-state index in [4.69, 9.17) is 4.74 Å². The highest BCUT2D eigenvalue weighted by molar-refractivity contribution is 9.10. The molecule has 1 aromatic rings. The highest BCUT2D eigenvalue weighted by Crippen LogP contribution is 2.20. The maximum atomic E-state index is 12.1. The molecule has 0 saturated carbocycles. The summed E-state index contributed by atoms with van der Waals surface area (Å²) >= 11 is 3.36. The van der Waals surface area contributed by atoms with E-state index in [-0.39, 0.29) is 31.0 Å². The molecule has 0 aromatic heterocycles. The van der Waals surface area contributed by atoms with E-state index < -0.39 is 5.60 Å². The molecular formula is C19H27BrN4O4. The lowest BCUT2D eigenvalue weighted by molar-refractivity contribution is -0.125. The fourth-order valence-corrected chi connectivity index (χ4v) is 2.99. The first kappa shape index (κ1) is 22.2. The van der Waals surface area contributed by atoms with Gasteiger partial charge in [0.15, 0.2) is 0 Å². The molecule has 1 saturated heterocycles. The Hall–Kier alpha value is -2.13. The summed E-state index contributed by atoms with van der Waals surface area (Å²) in [5, 5.41) is 5.36. The molecular weight excluding hydrogens is 428 g/mol. The third-order valence-corrected chi connectivity index (χ3v) is 4.68. The molecule has 0 aliphatic carbocycles. The second kappa shape index (κ2) is 9.88. The Balaban J connectivity index is 1.68. The lowest BCUT2D eigenvalue weighted by Gasteiger charge is -2.35. The minimum Gasteiger partial charge on any atom is -0.444 e. The lowest BCUT2D eigenvalue weighted by Crippen LogP contribution is -2.52. The van der Waals surface area contributed by atoms with Crippen LogP contribution >= 0.6 is 15.9 Å². The molecule has 0 unspecified atom stereocenters. The zero-order valence-electron chi connectivity index (χ0n) is 16.5. The van der Waals surface area contributed by atoms with Crippen LogP contribution in [0.25, 0.3) is 0 Å². The Morgan fingerprint density at radius 1 is 1.07 bits per heavy atom. The number of nitrogens with zero attached hydrogens (tertiary/aromatic N) is 2. The summed E-state index contributed by atoms with van der Waals surface area (Å²) in [4.78, 5) is 39.7. The normalized spacial score (nSPS) is 15.1. The average Bonchev–Trinajstić information content (AvgIpc) is 2.61. The molecule has 1 aliphatic heterocycles. The Morgan fingerprint density at radius 3 is 2.32 bits per heavy atom. The topological polar surface area (TPSA) is 91.0 Å². The monoisotopic (exact) mass is 454 g/mol. The molecule has 0 bridgehead atoms. The van der Waals surface area contributed by atoms with E-state index in [0.29, 0.717) is 31.9 Å². The number of halogens is 1. The molecule has 0 spiro atoms. The third-order valence-electron chi connectivity index (χ3n) is 3.99. The predicted molar refractivity (Wildman–Crippen MR) is 110 cm³/mol. The first-order valence-corrected chi connectivity index (χ1v) is 9.95. The van der Waals surface area contributed by atoms with Crippen LogP contribution in [0.2, 0.25) is 0 Å². The molecule has 28 heavy (non-hydrogen) atoms. The third kappa shape index (κ3) is 7.47. The van der Waals surface area contributed by atoms with Gasteiger partial charge in [-0.2, -0.15) is 0 Å². The number of carbonyl (C=O) groups excluding carboxylic acids is 3. The number of ether oxygens (including phenoxy) is 1. The highest BCUT2D eigenvalue weighted by atomic mass is 79.9. The van der Waals surface area contributed by atoms with Crippen molar-refractivity contribution >= 4 is 39.5 Å². The zero-order chi connectivity index (χ0) is 20.7. The zero-order valence-corrected chi connectivity index (χ0v) is 18.0. The van der Waals surface area contributed by atoms with Crippen molar-refractivity contribution in [1.82, 2.24) is 15.1 Å². The van der Waals surface area contributed by atoms with Crippen LogP contribution in [0.5, 0.6) is 0 Å². The van der Waals surface area contributed by atoms with E-state index in [1.807, 2.05) is 43.9 Å². The minimum absolute atomic E-state index is 0.0992. The SMILES string of the molecule is CC(C)(C)OC(=O)N1CCN(CC(=O)NCC(=O)Nc2ccccc2Br)CC1. The molecule has 1 fully saturated rings. The van der Waals surface area contributed by atoms with Crippen molar-refractivity contribution in [3.63, 3.8) is 0 Å². The van der Waals surface area contributed by atoms with Crippen molar-refractivity contribution < 1.29 is 19.1 Å². The Labute approximate surface area is 173 Å². The van der Waals surface area contributed by atoms with E-state index in [9.17, 15) is 14.4 Å². The molecule has 1 heterocycles. The summed E-state index contributed by atoms with van der Waals surface area (Å²) in [5.74, 6) is -0.525. The predicted octanol–water partition coefficient (Wildman–Crippen LogP) is 2.06. The maximum Gasteiger partial charge on any atom is 0.410 e. The Kier molecular flexibility index (Phi) is 7.82. The molecule has 0 atom stereocenters. The summed E-state index contributed by atoms with van der Waals surface area (Å²) in [6, 6.07) is 7.26. The average molecular weight is 455 g/mol. The fraction of sp³-hybridized carbons (Fsp3) is 0.526. The van der Waals surface area contributed by atoms with Crippen molar-refractivity contribution in [2.75, 3.05) is 44.6 Å². The number of nitrogens with one attached hydrogen (secondary N) is 2. The summed E-state index contributed by atoms with van der Waals surface area (Å²) in [7, 11) is 0. The molecule has 9 heteroatoms. The van der Waals surface area contributed by atoms with E-state index in [2.05, 4.69) is 26.6 Å². The number of anilines is 1. The van der Waals surface area contributed by atoms with Crippen LogP contribution in [-0.2, 0) is 14.3 Å². The summed E-state index contributed by atoms with van der Waals surface area (Å²) in [6.07, 6.45) is -0.333. The van der Waals surface area contributed by atoms with Crippen LogP contribution < -0.4 is 10.6 Å². The van der Waals surface area contributed by atoms with Crippen molar-refractivity contribution in [1.29, 1.82) is 0 Å². The van der Waals surface area contributed by atoms with Gasteiger partial charge in [0, 0.05) is 30.7 Å². The van der Waals surface area contributed by atoms with Crippen molar-refractivity contribution in [2.24, 2.45) is 0 Å². The van der Waals surface area contributed by atoms with E-state index in [1.165, 1.54) is 0 Å². The van der Waals surface area contributed by atoms with Crippen LogP contribution in [0.3, 0.4) is 0 Å². The highest BCUT2D eigenvalue weighted by Gasteiger charge is 2.26. The summed E-state index contributed by atoms with van der Waals surface area (Å²) < 4.78 is 6.13. The molecule has 1 aromatic carbocycles. The molecule has 1 aliphatic rings. The number of piperazine rings is 1. The van der Waals surface area contributed by atoms with Crippen LogP contribution in [0.15, 0.2) is 28.7 Å². The van der Waals surface area contributed by atoms with E-state index in [1.54, 1.807) is 11.0 Å². The van der Waals surface area contributed by atoms with Gasteiger partial charge < -0.3 is 20.3 Å². The van der Waals surface area contributed by atoms with Gasteiger partial charge in [-0.15, -0.1) is 0 Å². The number of hydrogen-bond donors (Lipinski definition) is 2. The summed E-state index contributed by atoms with van der Waals surface area (Å²) in [6.45, 7) is 7.75. The minimum atomic E-state index is -0.524. The Bertz CT molecular complexity index is 712. The molecule has 154 valence electrons. The second-order valence-corrected chi connectivity index (χ2v) is 8.40. The van der Waals surface area contributed by atoms with Crippen LogP contribution in [-0.4, -0.2) is 72.6 Å². The van der Waals surface area contributed by atoms with Gasteiger partial charge in [0.2, 0.25) is 11.8 Å². The molecule has 3 amide bonds. The van der Waals surface area contributed by atoms with Crippen LogP contribution in [0.4, 0.5) is 10.5 Å². The number of carbonyl (C=O) groups is 3. The standard InChI is InChI=1S/C19H27BrN4O4/c1-19(2,3)28-18(27)24-10-8-23(9-11-24)13-17(26)21-12-16(25)22-15-7-5-4-6-14(15)20/h4-7H,8-13H2,1-3H3,(H,21,26)(H,22,25). The number of amides is 3. The molecule has 2 rings (SSSR count). The van der Waals surface area contributed by atoms with Gasteiger partial charge in [0.1, 0.15) is 5.60 Å². The number of rotatable bonds is 5. The largest absolute Gasteiger partial charge is 0.444 e. The molecule has 8 nitrogen and oxygen atoms in total. The van der Waals surface area contributed by atoms with Gasteiger partial charge in [-0.25, -0.2) is 4.79 Å². The number of benzene rings is 1. The smallest absolute Gasteiger partial charge is 0.410 e. The fourth-order valence-electron chi connectivity index (χ4n) is 2.61. The molecule has 0 radical (unpaired) electrons. The van der Waals surface area contributed by atoms with Gasteiger partial charge >= 0.3 is 6.09 Å². The lowest BCUT2D eigenvalue weighted by atomic mass is 10.2. The molecule has 2 N–H and O–H groups in total. The van der Waals surface area contributed by atoms with Crippen molar-refractivity contribution in [3.05, 3.63) is 28.7 Å². The summed E-state index contributed by atoms with van der Waals surface area (Å²) in [5.41, 5.74) is 0.129. The first-order valence-electron chi connectivity index (χ1n) is 9.15. The van der Waals surface area contributed by atoms with Crippen molar-refractivity contribution in [2.45, 2.75) is 26.4 Å². The van der Waals surface area contributed by atoms with E-state index >= 15 is 0 Å². The van der Waals surface area contributed by atoms with Crippen LogP contribution in [0.1, 0.15) is 20.8 Å².